The van der Waals surface area contributed by atoms with Gasteiger partial charge >= 0.3 is 5.97 Å². The van der Waals surface area contributed by atoms with Crippen LogP contribution in [0, 0.1) is 17.3 Å². The number of rotatable bonds is 15. The molecule has 3 aliphatic heterocycles. The summed E-state index contributed by atoms with van der Waals surface area (Å²) in [6, 6.07) is -0.849. The molecule has 0 saturated carbocycles. The third-order valence-corrected chi connectivity index (χ3v) is 9.28. The number of fused-ring (bicyclic) bond motifs is 1. The summed E-state index contributed by atoms with van der Waals surface area (Å²) in [5.74, 6) is -2.38. The van der Waals surface area contributed by atoms with Crippen LogP contribution in [0.3, 0.4) is 0 Å². The minimum absolute atomic E-state index is 0.0362. The Morgan fingerprint density at radius 3 is 2.45 bits per heavy atom. The number of likely N-dealkylation sites (tertiary alicyclic amines) is 1. The van der Waals surface area contributed by atoms with Gasteiger partial charge in [0.2, 0.25) is 11.8 Å². The van der Waals surface area contributed by atoms with Gasteiger partial charge in [0, 0.05) is 30.1 Å². The fourth-order valence-electron chi connectivity index (χ4n) is 7.31. The van der Waals surface area contributed by atoms with Gasteiger partial charge in [0.1, 0.15) is 11.6 Å². The second-order valence-corrected chi connectivity index (χ2v) is 14.5. The molecule has 2 bridgehead atoms. The number of halogens is 1. The molecule has 0 radical (unpaired) electrons. The first-order valence-electron chi connectivity index (χ1n) is 14.7. The summed E-state index contributed by atoms with van der Waals surface area (Å²) in [5.41, 5.74) is -1.66. The van der Waals surface area contributed by atoms with Gasteiger partial charge in [0.15, 0.2) is 0 Å². The molecule has 0 aromatic heterocycles. The standard InChI is InChI=1S/C31H49BrN2O6/c1-8-10-18-39-28(38)22-23-26(36)33(16-13-11-12-14-17-35)25(31(23)19-21(32)24(22)40-31)27(37)34(15-9-2)30(6,7)20-29(3,4)5/h8-9,21-25,35H,1-2,10-20H2,3-7H3/t21?,22-,23-,24-,25?,31?/m0/s1. The van der Waals surface area contributed by atoms with E-state index in [-0.39, 0.29) is 35.3 Å². The first kappa shape index (κ1) is 32.8. The number of unbranched alkanes of at least 4 members (excludes halogenated alkanes) is 3. The van der Waals surface area contributed by atoms with Gasteiger partial charge in [-0.3, -0.25) is 14.4 Å². The van der Waals surface area contributed by atoms with Crippen LogP contribution in [-0.4, -0.2) is 87.1 Å². The largest absolute Gasteiger partial charge is 0.465 e. The lowest BCUT2D eigenvalue weighted by Crippen LogP contribution is -2.61. The van der Waals surface area contributed by atoms with Crippen LogP contribution >= 0.6 is 15.9 Å². The molecule has 1 spiro atoms. The molecule has 2 amide bonds. The predicted molar refractivity (Wildman–Crippen MR) is 159 cm³/mol. The number of amides is 2. The summed E-state index contributed by atoms with van der Waals surface area (Å²) >= 11 is 3.72. The molecule has 9 heteroatoms. The number of hydrogen-bond acceptors (Lipinski definition) is 6. The Bertz CT molecular complexity index is 962. The number of aliphatic hydroxyl groups excluding tert-OH is 1. The Labute approximate surface area is 248 Å². The number of hydrogen-bond donors (Lipinski definition) is 1. The summed E-state index contributed by atoms with van der Waals surface area (Å²) in [7, 11) is 0. The molecular formula is C31H49BrN2O6. The zero-order valence-corrected chi connectivity index (χ0v) is 26.6. The van der Waals surface area contributed by atoms with Gasteiger partial charge in [0.05, 0.1) is 24.5 Å². The van der Waals surface area contributed by atoms with Crippen molar-refractivity contribution >= 4 is 33.7 Å². The van der Waals surface area contributed by atoms with Crippen LogP contribution in [0.25, 0.3) is 0 Å². The second-order valence-electron chi connectivity index (χ2n) is 13.4. The summed E-state index contributed by atoms with van der Waals surface area (Å²) in [6.07, 6.45) is 7.67. The average Bonchev–Trinajstić information content (AvgIpc) is 3.44. The van der Waals surface area contributed by atoms with Gasteiger partial charge in [-0.15, -0.1) is 13.2 Å². The summed E-state index contributed by atoms with van der Waals surface area (Å²) in [6.45, 7) is 19.2. The van der Waals surface area contributed by atoms with Gasteiger partial charge in [0.25, 0.3) is 0 Å². The number of ether oxygens (including phenoxy) is 2. The van der Waals surface area contributed by atoms with E-state index in [1.165, 1.54) is 0 Å². The molecule has 3 fully saturated rings. The van der Waals surface area contributed by atoms with Crippen LogP contribution in [0.4, 0.5) is 0 Å². The molecule has 40 heavy (non-hydrogen) atoms. The molecule has 3 unspecified atom stereocenters. The summed E-state index contributed by atoms with van der Waals surface area (Å²) < 4.78 is 12.2. The average molecular weight is 626 g/mol. The van der Waals surface area contributed by atoms with Crippen LogP contribution in [0.15, 0.2) is 25.3 Å². The molecule has 0 aliphatic carbocycles. The zero-order valence-electron chi connectivity index (χ0n) is 25.0. The number of carbonyl (C=O) groups excluding carboxylic acids is 3. The second kappa shape index (κ2) is 13.1. The SMILES string of the molecule is C=CCCOC(=O)[C@H]1[C@H]2C(=O)N(CCCCCCO)C(C(=O)N(CC=C)C(C)(C)CC(C)(C)C)C23CC(Br)[C@@H]1O3. The van der Waals surface area contributed by atoms with Crippen molar-refractivity contribution in [1.82, 2.24) is 9.80 Å². The van der Waals surface area contributed by atoms with Crippen molar-refractivity contribution in [1.29, 1.82) is 0 Å². The van der Waals surface area contributed by atoms with Crippen molar-refractivity contribution in [2.24, 2.45) is 17.3 Å². The predicted octanol–water partition coefficient (Wildman–Crippen LogP) is 4.64. The molecule has 0 aromatic carbocycles. The van der Waals surface area contributed by atoms with Gasteiger partial charge < -0.3 is 24.4 Å². The Morgan fingerprint density at radius 1 is 1.18 bits per heavy atom. The smallest absolute Gasteiger partial charge is 0.312 e. The Kier molecular flexibility index (Phi) is 10.7. The van der Waals surface area contributed by atoms with Crippen molar-refractivity contribution in [3.63, 3.8) is 0 Å². The van der Waals surface area contributed by atoms with Crippen LogP contribution in [0.1, 0.15) is 79.6 Å². The van der Waals surface area contributed by atoms with Crippen molar-refractivity contribution in [2.45, 2.75) is 108 Å². The highest BCUT2D eigenvalue weighted by atomic mass is 79.9. The van der Waals surface area contributed by atoms with E-state index >= 15 is 0 Å². The third kappa shape index (κ3) is 6.51. The molecular weight excluding hydrogens is 576 g/mol. The lowest BCUT2D eigenvalue weighted by Gasteiger charge is -2.45. The fraction of sp³-hybridized carbons (Fsp3) is 0.774. The summed E-state index contributed by atoms with van der Waals surface area (Å²) in [4.78, 5) is 45.6. The Morgan fingerprint density at radius 2 is 1.85 bits per heavy atom. The van der Waals surface area contributed by atoms with E-state index < -0.39 is 41.1 Å². The van der Waals surface area contributed by atoms with E-state index in [9.17, 15) is 19.5 Å². The van der Waals surface area contributed by atoms with E-state index in [4.69, 9.17) is 9.47 Å². The van der Waals surface area contributed by atoms with E-state index in [0.717, 1.165) is 19.3 Å². The highest BCUT2D eigenvalue weighted by Crippen LogP contribution is 2.60. The van der Waals surface area contributed by atoms with Crippen molar-refractivity contribution in [3.05, 3.63) is 25.3 Å². The van der Waals surface area contributed by atoms with E-state index in [2.05, 4.69) is 63.7 Å². The third-order valence-electron chi connectivity index (χ3n) is 8.44. The number of alkyl halides is 1. The molecule has 0 aromatic rings. The molecule has 6 atom stereocenters. The lowest BCUT2D eigenvalue weighted by molar-refractivity contribution is -0.156. The fourth-order valence-corrected chi connectivity index (χ4v) is 8.25. The molecule has 226 valence electrons. The maximum absolute atomic E-state index is 14.7. The van der Waals surface area contributed by atoms with Gasteiger partial charge in [-0.25, -0.2) is 0 Å². The van der Waals surface area contributed by atoms with E-state index in [1.807, 2.05) is 4.90 Å². The molecule has 3 saturated heterocycles. The Hall–Kier alpha value is -1.71. The van der Waals surface area contributed by atoms with Gasteiger partial charge in [-0.05, 0) is 51.4 Å². The monoisotopic (exact) mass is 624 g/mol. The Balaban J connectivity index is 2.02. The molecule has 3 heterocycles. The first-order chi connectivity index (χ1) is 18.8. The van der Waals surface area contributed by atoms with E-state index in [0.29, 0.717) is 38.8 Å². The van der Waals surface area contributed by atoms with Crippen LogP contribution in [-0.2, 0) is 23.9 Å². The highest BCUT2D eigenvalue weighted by Gasteiger charge is 2.77. The molecule has 1 N–H and O–H groups in total. The van der Waals surface area contributed by atoms with Crippen molar-refractivity contribution < 1.29 is 29.0 Å². The van der Waals surface area contributed by atoms with E-state index in [1.54, 1.807) is 17.1 Å². The first-order valence-corrected chi connectivity index (χ1v) is 15.6. The molecule has 8 nitrogen and oxygen atoms in total. The molecule has 3 rings (SSSR count). The summed E-state index contributed by atoms with van der Waals surface area (Å²) in [5, 5.41) is 9.17. The number of carbonyl (C=O) groups is 3. The topological polar surface area (TPSA) is 96.4 Å². The van der Waals surface area contributed by atoms with Crippen LogP contribution in [0.5, 0.6) is 0 Å². The normalized spacial score (nSPS) is 29.4. The van der Waals surface area contributed by atoms with Crippen LogP contribution < -0.4 is 0 Å². The van der Waals surface area contributed by atoms with Gasteiger partial charge in [-0.1, -0.05) is 61.7 Å². The highest BCUT2D eigenvalue weighted by molar-refractivity contribution is 9.09. The number of nitrogens with zero attached hydrogens (tertiary/aromatic N) is 2. The number of esters is 1. The van der Waals surface area contributed by atoms with Crippen molar-refractivity contribution in [3.8, 4) is 0 Å². The zero-order chi connectivity index (χ0) is 29.9. The van der Waals surface area contributed by atoms with Gasteiger partial charge in [-0.2, -0.15) is 0 Å². The lowest BCUT2D eigenvalue weighted by atomic mass is 9.70. The maximum atomic E-state index is 14.7. The molecule has 3 aliphatic rings. The quantitative estimate of drug-likeness (QED) is 0.123. The number of aliphatic hydroxyl groups is 1. The maximum Gasteiger partial charge on any atom is 0.312 e. The van der Waals surface area contributed by atoms with Crippen molar-refractivity contribution in [2.75, 3.05) is 26.3 Å². The van der Waals surface area contributed by atoms with Crippen LogP contribution in [0.2, 0.25) is 0 Å². The minimum Gasteiger partial charge on any atom is -0.465 e. The minimum atomic E-state index is -1.11.